The van der Waals surface area contributed by atoms with E-state index in [1.807, 2.05) is 62.4 Å². The largest absolute Gasteiger partial charge is 0.352 e. The molecular weight excluding hydrogens is 370 g/mol. The molecule has 28 heavy (non-hydrogen) atoms. The molecule has 0 radical (unpaired) electrons. The van der Waals surface area contributed by atoms with Gasteiger partial charge in [-0.15, -0.1) is 0 Å². The maximum absolute atomic E-state index is 13.1. The average molecular weight is 394 g/mol. The van der Waals surface area contributed by atoms with Gasteiger partial charge in [-0.3, -0.25) is 14.2 Å². The molecule has 1 amide bonds. The van der Waals surface area contributed by atoms with E-state index in [-0.39, 0.29) is 23.6 Å². The molecule has 0 bridgehead atoms. The van der Waals surface area contributed by atoms with Crippen molar-refractivity contribution >= 4 is 28.6 Å². The third-order valence-corrected chi connectivity index (χ3v) is 6.00. The van der Waals surface area contributed by atoms with Crippen molar-refractivity contribution in [2.24, 2.45) is 0 Å². The normalized spacial score (nSPS) is 15.0. The lowest BCUT2D eigenvalue weighted by molar-refractivity contribution is -0.120. The molecule has 0 spiro atoms. The van der Waals surface area contributed by atoms with Crippen LogP contribution in [0.2, 0.25) is 0 Å². The van der Waals surface area contributed by atoms with E-state index in [0.717, 1.165) is 18.4 Å². The SMILES string of the molecule is CC(C)n1c(S[C@@H](C(=O)NC2CC2)c2ccccc2)nc2ccccc2c1=O. The van der Waals surface area contributed by atoms with Crippen molar-refractivity contribution in [3.8, 4) is 0 Å². The predicted molar refractivity (Wildman–Crippen MR) is 113 cm³/mol. The van der Waals surface area contributed by atoms with Crippen LogP contribution in [0.25, 0.3) is 10.9 Å². The number of amides is 1. The summed E-state index contributed by atoms with van der Waals surface area (Å²) >= 11 is 1.34. The molecule has 5 nitrogen and oxygen atoms in total. The first-order valence-electron chi connectivity index (χ1n) is 9.58. The van der Waals surface area contributed by atoms with Gasteiger partial charge < -0.3 is 5.32 Å². The maximum Gasteiger partial charge on any atom is 0.262 e. The van der Waals surface area contributed by atoms with Gasteiger partial charge in [-0.25, -0.2) is 4.98 Å². The van der Waals surface area contributed by atoms with Crippen LogP contribution in [0.4, 0.5) is 0 Å². The molecule has 1 aliphatic rings. The minimum atomic E-state index is -0.458. The summed E-state index contributed by atoms with van der Waals surface area (Å²) in [5, 5.41) is 3.80. The third-order valence-electron chi connectivity index (χ3n) is 4.78. The minimum Gasteiger partial charge on any atom is -0.352 e. The van der Waals surface area contributed by atoms with Crippen LogP contribution in [-0.2, 0) is 4.79 Å². The molecule has 1 saturated carbocycles. The first kappa shape index (κ1) is 18.7. The Kier molecular flexibility index (Phi) is 5.22. The Hall–Kier alpha value is -2.60. The lowest BCUT2D eigenvalue weighted by Gasteiger charge is -2.21. The summed E-state index contributed by atoms with van der Waals surface area (Å²) in [6, 6.07) is 17.3. The molecule has 6 heteroatoms. The van der Waals surface area contributed by atoms with Crippen molar-refractivity contribution in [3.63, 3.8) is 0 Å². The summed E-state index contributed by atoms with van der Waals surface area (Å²) < 4.78 is 1.69. The van der Waals surface area contributed by atoms with Gasteiger partial charge in [0.25, 0.3) is 5.56 Å². The number of carbonyl (C=O) groups is 1. The molecule has 0 saturated heterocycles. The summed E-state index contributed by atoms with van der Waals surface area (Å²) in [7, 11) is 0. The van der Waals surface area contributed by atoms with Crippen LogP contribution in [0.1, 0.15) is 43.5 Å². The van der Waals surface area contributed by atoms with E-state index in [2.05, 4.69) is 5.32 Å². The lowest BCUT2D eigenvalue weighted by atomic mass is 10.1. The quantitative estimate of drug-likeness (QED) is 0.506. The predicted octanol–water partition coefficient (Wildman–Crippen LogP) is 4.09. The molecule has 1 aromatic heterocycles. The maximum atomic E-state index is 13.1. The zero-order valence-electron chi connectivity index (χ0n) is 16.0. The Bertz CT molecular complexity index is 1060. The van der Waals surface area contributed by atoms with Crippen LogP contribution in [0.5, 0.6) is 0 Å². The van der Waals surface area contributed by atoms with Crippen molar-refractivity contribution < 1.29 is 4.79 Å². The van der Waals surface area contributed by atoms with Crippen LogP contribution in [0.3, 0.4) is 0 Å². The average Bonchev–Trinajstić information content (AvgIpc) is 3.50. The number of aromatic nitrogens is 2. The smallest absolute Gasteiger partial charge is 0.262 e. The second-order valence-electron chi connectivity index (χ2n) is 7.37. The van der Waals surface area contributed by atoms with Gasteiger partial charge >= 0.3 is 0 Å². The fourth-order valence-electron chi connectivity index (χ4n) is 3.17. The summed E-state index contributed by atoms with van der Waals surface area (Å²) in [6.07, 6.45) is 2.06. The number of fused-ring (bicyclic) bond motifs is 1. The highest BCUT2D eigenvalue weighted by Gasteiger charge is 2.30. The van der Waals surface area contributed by atoms with Gasteiger partial charge in [0.1, 0.15) is 5.25 Å². The van der Waals surface area contributed by atoms with Crippen LogP contribution in [0, 0.1) is 0 Å². The summed E-state index contributed by atoms with van der Waals surface area (Å²) in [5.74, 6) is -0.0311. The highest BCUT2D eigenvalue weighted by molar-refractivity contribution is 8.00. The van der Waals surface area contributed by atoms with Crippen LogP contribution < -0.4 is 10.9 Å². The molecule has 144 valence electrons. The van der Waals surface area contributed by atoms with Gasteiger partial charge in [-0.2, -0.15) is 0 Å². The molecular formula is C22H23N3O2S. The van der Waals surface area contributed by atoms with E-state index in [0.29, 0.717) is 16.1 Å². The van der Waals surface area contributed by atoms with Crippen molar-refractivity contribution in [3.05, 3.63) is 70.5 Å². The Labute approximate surface area is 168 Å². The van der Waals surface area contributed by atoms with Gasteiger partial charge in [0, 0.05) is 12.1 Å². The topological polar surface area (TPSA) is 64.0 Å². The molecule has 1 fully saturated rings. The van der Waals surface area contributed by atoms with E-state index >= 15 is 0 Å². The second-order valence-corrected chi connectivity index (χ2v) is 8.44. The number of nitrogens with zero attached hydrogens (tertiary/aromatic N) is 2. The number of nitrogens with one attached hydrogen (secondary N) is 1. The van der Waals surface area contributed by atoms with Crippen LogP contribution in [-0.4, -0.2) is 21.5 Å². The number of benzene rings is 2. The van der Waals surface area contributed by atoms with Gasteiger partial charge in [-0.1, -0.05) is 54.2 Å². The third kappa shape index (κ3) is 3.83. The van der Waals surface area contributed by atoms with E-state index in [4.69, 9.17) is 4.98 Å². The molecule has 2 aromatic carbocycles. The monoisotopic (exact) mass is 393 g/mol. The number of carbonyl (C=O) groups excluding carboxylic acids is 1. The van der Waals surface area contributed by atoms with Crippen LogP contribution in [0.15, 0.2) is 64.5 Å². The number of hydrogen-bond acceptors (Lipinski definition) is 4. The van der Waals surface area contributed by atoms with Crippen LogP contribution >= 0.6 is 11.8 Å². The van der Waals surface area contributed by atoms with E-state index in [1.165, 1.54) is 11.8 Å². The highest BCUT2D eigenvalue weighted by atomic mass is 32.2. The number of hydrogen-bond donors (Lipinski definition) is 1. The molecule has 1 N–H and O–H groups in total. The lowest BCUT2D eigenvalue weighted by Crippen LogP contribution is -2.31. The zero-order chi connectivity index (χ0) is 19.7. The van der Waals surface area contributed by atoms with E-state index in [1.54, 1.807) is 10.6 Å². The van der Waals surface area contributed by atoms with Gasteiger partial charge in [-0.05, 0) is 44.4 Å². The van der Waals surface area contributed by atoms with Crippen molar-refractivity contribution in [2.75, 3.05) is 0 Å². The van der Waals surface area contributed by atoms with Gasteiger partial charge in [0.05, 0.1) is 10.9 Å². The fourth-order valence-corrected chi connectivity index (χ4v) is 4.41. The van der Waals surface area contributed by atoms with Crippen molar-refractivity contribution in [1.29, 1.82) is 0 Å². The molecule has 0 unspecified atom stereocenters. The Morgan fingerprint density at radius 2 is 1.79 bits per heavy atom. The molecule has 4 rings (SSSR count). The van der Waals surface area contributed by atoms with Gasteiger partial charge in [0.15, 0.2) is 5.16 Å². The summed E-state index contributed by atoms with van der Waals surface area (Å²) in [6.45, 7) is 3.92. The molecule has 1 atom stereocenters. The van der Waals surface area contributed by atoms with Gasteiger partial charge in [0.2, 0.25) is 5.91 Å². The molecule has 1 aliphatic carbocycles. The second kappa shape index (κ2) is 7.80. The first-order valence-corrected chi connectivity index (χ1v) is 10.5. The Morgan fingerprint density at radius 3 is 2.46 bits per heavy atom. The summed E-state index contributed by atoms with van der Waals surface area (Å²) in [4.78, 5) is 30.8. The standard InChI is InChI=1S/C22H23N3O2S/c1-14(2)25-21(27)17-10-6-7-11-18(17)24-22(25)28-19(15-8-4-3-5-9-15)20(26)23-16-12-13-16/h3-11,14,16,19H,12-13H2,1-2H3,(H,23,26)/t19-/m1/s1. The molecule has 3 aromatic rings. The van der Waals surface area contributed by atoms with Crippen molar-refractivity contribution in [2.45, 2.75) is 49.2 Å². The fraction of sp³-hybridized carbons (Fsp3) is 0.318. The Morgan fingerprint density at radius 1 is 1.11 bits per heavy atom. The Balaban J connectivity index is 1.79. The number of para-hydroxylation sites is 1. The van der Waals surface area contributed by atoms with E-state index < -0.39 is 5.25 Å². The number of thioether (sulfide) groups is 1. The van der Waals surface area contributed by atoms with E-state index in [9.17, 15) is 9.59 Å². The molecule has 0 aliphatic heterocycles. The summed E-state index contributed by atoms with van der Waals surface area (Å²) in [5.41, 5.74) is 1.49. The minimum absolute atomic E-state index is 0.0311. The molecule has 1 heterocycles. The highest BCUT2D eigenvalue weighted by Crippen LogP contribution is 2.36. The number of rotatable bonds is 6. The first-order chi connectivity index (χ1) is 13.5. The zero-order valence-corrected chi connectivity index (χ0v) is 16.8. The van der Waals surface area contributed by atoms with Crippen molar-refractivity contribution in [1.82, 2.24) is 14.9 Å².